The molecule has 3 unspecified atom stereocenters. The number of aliphatic hydroxyl groups excluding tert-OH is 1. The van der Waals surface area contributed by atoms with Gasteiger partial charge in [-0.3, -0.25) is 19.3 Å². The maximum atomic E-state index is 14.3. The van der Waals surface area contributed by atoms with Crippen LogP contribution in [-0.2, 0) is 19.1 Å². The van der Waals surface area contributed by atoms with E-state index in [0.717, 1.165) is 25.3 Å². The van der Waals surface area contributed by atoms with Crippen molar-refractivity contribution in [2.75, 3.05) is 57.9 Å². The first-order chi connectivity index (χ1) is 19.7. The van der Waals surface area contributed by atoms with Crippen LogP contribution in [0, 0.1) is 23.7 Å². The van der Waals surface area contributed by atoms with E-state index >= 15 is 0 Å². The van der Waals surface area contributed by atoms with Gasteiger partial charge in [0.15, 0.2) is 0 Å². The number of benzene rings is 1. The summed E-state index contributed by atoms with van der Waals surface area (Å²) in [6, 6.07) is 5.96. The number of thioether (sulfide) groups is 1. The molecule has 0 radical (unpaired) electrons. The lowest BCUT2D eigenvalue weighted by Crippen LogP contribution is -2.59. The van der Waals surface area contributed by atoms with Gasteiger partial charge in [-0.1, -0.05) is 20.8 Å². The van der Waals surface area contributed by atoms with E-state index < -0.39 is 28.7 Å². The number of hydrogen-bond donors (Lipinski definition) is 3. The van der Waals surface area contributed by atoms with E-state index in [1.165, 1.54) is 0 Å². The number of carbonyl (C=O) groups excluding carboxylic acids is 3. The number of aliphatic hydroxyl groups is 1. The number of morpholine rings is 1. The molecule has 1 aromatic rings. The monoisotopic (exact) mass is 588 g/mol. The van der Waals surface area contributed by atoms with E-state index in [1.807, 2.05) is 32.9 Å². The highest BCUT2D eigenvalue weighted by atomic mass is 32.2. The topological polar surface area (TPSA) is 120 Å². The number of likely N-dealkylation sites (tertiary alicyclic amines) is 1. The Bertz CT molecular complexity index is 1110. The summed E-state index contributed by atoms with van der Waals surface area (Å²) in [5.41, 5.74) is 0.642. The van der Waals surface area contributed by atoms with Gasteiger partial charge in [0, 0.05) is 37.1 Å². The fraction of sp³-hybridized carbons (Fsp3) is 0.700. The Kier molecular flexibility index (Phi) is 9.18. The normalized spacial score (nSPS) is 31.8. The fourth-order valence-corrected chi connectivity index (χ4v) is 9.73. The molecule has 4 heterocycles. The maximum absolute atomic E-state index is 14.3. The number of rotatable bonds is 11. The third kappa shape index (κ3) is 5.46. The highest BCUT2D eigenvalue weighted by molar-refractivity contribution is 8.02. The average molecular weight is 589 g/mol. The molecule has 4 fully saturated rings. The zero-order chi connectivity index (χ0) is 29.3. The first-order valence-corrected chi connectivity index (χ1v) is 15.8. The second-order valence-corrected chi connectivity index (χ2v) is 13.5. The second-order valence-electron chi connectivity index (χ2n) is 12.0. The summed E-state index contributed by atoms with van der Waals surface area (Å²) < 4.78 is 10.2. The molecule has 1 spiro atoms. The first kappa shape index (κ1) is 30.1. The Hall–Kier alpha value is -2.34. The molecule has 1 aromatic carbocycles. The number of anilines is 1. The molecular weight excluding hydrogens is 544 g/mol. The Morgan fingerprint density at radius 3 is 2.54 bits per heavy atom. The Morgan fingerprint density at radius 2 is 1.90 bits per heavy atom. The Labute approximate surface area is 246 Å². The van der Waals surface area contributed by atoms with Gasteiger partial charge in [0.25, 0.3) is 0 Å². The number of ether oxygens (including phenoxy) is 2. The van der Waals surface area contributed by atoms with Crippen molar-refractivity contribution < 1.29 is 29.0 Å². The lowest BCUT2D eigenvalue weighted by Gasteiger charge is -2.41. The summed E-state index contributed by atoms with van der Waals surface area (Å²) in [6.45, 7) is 12.5. The maximum Gasteiger partial charge on any atom is 0.244 e. The standard InChI is InChI=1S/C30H44N4O6S/c1-5-40-21-8-6-20(7-9-21)32-27(36)24-23-16-19(4)30(41-23)25(24)29(38)34(22(17-35)18(2)3)26(30)28(37)31-10-11-33-12-14-39-15-13-33/h6-9,18-19,22-26,35H,5,10-17H2,1-4H3,(H,31,37)(H,32,36)/t19?,22-,23+,24-,25-,26?,30?/m0/s1. The molecule has 41 heavy (non-hydrogen) atoms. The minimum absolute atomic E-state index is 0.0564. The highest BCUT2D eigenvalue weighted by Crippen LogP contribution is 2.69. The third-order valence-electron chi connectivity index (χ3n) is 9.31. The molecule has 3 N–H and O–H groups in total. The molecule has 0 aromatic heterocycles. The summed E-state index contributed by atoms with van der Waals surface area (Å²) >= 11 is 1.65. The zero-order valence-electron chi connectivity index (χ0n) is 24.5. The zero-order valence-corrected chi connectivity index (χ0v) is 25.3. The summed E-state index contributed by atoms with van der Waals surface area (Å²) in [7, 11) is 0. The number of hydrogen-bond acceptors (Lipinski definition) is 8. The van der Waals surface area contributed by atoms with Crippen LogP contribution >= 0.6 is 11.8 Å². The summed E-state index contributed by atoms with van der Waals surface area (Å²) in [5.74, 6) is -1.05. The fourth-order valence-electron chi connectivity index (χ4n) is 7.32. The van der Waals surface area contributed by atoms with Gasteiger partial charge in [-0.25, -0.2) is 0 Å². The largest absolute Gasteiger partial charge is 0.494 e. The average Bonchev–Trinajstić information content (AvgIpc) is 3.54. The molecule has 7 atom stereocenters. The van der Waals surface area contributed by atoms with Crippen molar-refractivity contribution in [1.82, 2.24) is 15.1 Å². The molecule has 3 amide bonds. The van der Waals surface area contributed by atoms with Gasteiger partial charge < -0.3 is 30.1 Å². The molecule has 5 rings (SSSR count). The Balaban J connectivity index is 1.40. The van der Waals surface area contributed by atoms with Crippen LogP contribution in [0.2, 0.25) is 0 Å². The van der Waals surface area contributed by atoms with Crippen molar-refractivity contribution in [3.05, 3.63) is 24.3 Å². The van der Waals surface area contributed by atoms with Crippen LogP contribution in [0.25, 0.3) is 0 Å². The lowest BCUT2D eigenvalue weighted by molar-refractivity contribution is -0.143. The van der Waals surface area contributed by atoms with E-state index in [2.05, 4.69) is 22.5 Å². The predicted octanol–water partition coefficient (Wildman–Crippen LogP) is 1.83. The van der Waals surface area contributed by atoms with E-state index in [1.54, 1.807) is 28.8 Å². The number of carbonyl (C=O) groups is 3. The second kappa shape index (κ2) is 12.5. The molecule has 11 heteroatoms. The molecule has 0 aliphatic carbocycles. The molecular formula is C30H44N4O6S. The third-order valence-corrected chi connectivity index (χ3v) is 11.4. The summed E-state index contributed by atoms with van der Waals surface area (Å²) in [6.07, 6.45) is 0.757. The van der Waals surface area contributed by atoms with Gasteiger partial charge in [0.1, 0.15) is 11.8 Å². The first-order valence-electron chi connectivity index (χ1n) is 14.9. The van der Waals surface area contributed by atoms with E-state index in [-0.39, 0.29) is 41.4 Å². The van der Waals surface area contributed by atoms with E-state index in [9.17, 15) is 19.5 Å². The quantitative estimate of drug-likeness (QED) is 0.358. The summed E-state index contributed by atoms with van der Waals surface area (Å²) in [5, 5.41) is 16.5. The number of fused-ring (bicyclic) bond motifs is 1. The molecule has 4 aliphatic heterocycles. The van der Waals surface area contributed by atoms with Crippen molar-refractivity contribution in [3.8, 4) is 5.75 Å². The van der Waals surface area contributed by atoms with Crippen LogP contribution < -0.4 is 15.4 Å². The molecule has 2 bridgehead atoms. The molecule has 4 saturated heterocycles. The van der Waals surface area contributed by atoms with Crippen LogP contribution in [0.3, 0.4) is 0 Å². The van der Waals surface area contributed by atoms with Crippen LogP contribution in [0.15, 0.2) is 24.3 Å². The van der Waals surface area contributed by atoms with Crippen molar-refractivity contribution in [3.63, 3.8) is 0 Å². The number of amides is 3. The smallest absolute Gasteiger partial charge is 0.244 e. The number of nitrogens with one attached hydrogen (secondary N) is 2. The van der Waals surface area contributed by atoms with Crippen LogP contribution in [0.5, 0.6) is 5.75 Å². The molecule has 0 saturated carbocycles. The van der Waals surface area contributed by atoms with Gasteiger partial charge >= 0.3 is 0 Å². The van der Waals surface area contributed by atoms with Crippen molar-refractivity contribution in [2.24, 2.45) is 23.7 Å². The Morgan fingerprint density at radius 1 is 1.20 bits per heavy atom. The van der Waals surface area contributed by atoms with Crippen molar-refractivity contribution >= 4 is 35.2 Å². The van der Waals surface area contributed by atoms with Crippen LogP contribution in [0.1, 0.15) is 34.1 Å². The minimum atomic E-state index is -0.752. The van der Waals surface area contributed by atoms with Gasteiger partial charge in [0.05, 0.1) is 49.1 Å². The van der Waals surface area contributed by atoms with Crippen LogP contribution in [-0.4, -0.2) is 107 Å². The van der Waals surface area contributed by atoms with E-state index in [0.29, 0.717) is 38.6 Å². The SMILES string of the molecule is CCOc1ccc(NC(=O)[C@@H]2[C@H]3C(=O)N([C@@H](CO)C(C)C)C(C(=O)NCCN4CCOCC4)C34S[C@@H]2CC4C)cc1. The minimum Gasteiger partial charge on any atom is -0.494 e. The lowest BCUT2D eigenvalue weighted by atomic mass is 9.66. The van der Waals surface area contributed by atoms with Crippen molar-refractivity contribution in [1.29, 1.82) is 0 Å². The molecule has 10 nitrogen and oxygen atoms in total. The molecule has 226 valence electrons. The van der Waals surface area contributed by atoms with Gasteiger partial charge in [-0.15, -0.1) is 11.8 Å². The van der Waals surface area contributed by atoms with Gasteiger partial charge in [-0.2, -0.15) is 0 Å². The van der Waals surface area contributed by atoms with E-state index in [4.69, 9.17) is 9.47 Å². The summed E-state index contributed by atoms with van der Waals surface area (Å²) in [4.78, 5) is 46.1. The number of nitrogens with zero attached hydrogens (tertiary/aromatic N) is 2. The van der Waals surface area contributed by atoms with Gasteiger partial charge in [0.2, 0.25) is 17.7 Å². The van der Waals surface area contributed by atoms with Crippen LogP contribution in [0.4, 0.5) is 5.69 Å². The highest BCUT2D eigenvalue weighted by Gasteiger charge is 2.76. The predicted molar refractivity (Wildman–Crippen MR) is 158 cm³/mol. The van der Waals surface area contributed by atoms with Crippen molar-refractivity contribution in [2.45, 2.75) is 56.2 Å². The van der Waals surface area contributed by atoms with Gasteiger partial charge in [-0.05, 0) is 49.4 Å². The molecule has 4 aliphatic rings.